The first-order valence-corrected chi connectivity index (χ1v) is 13.5. The number of rotatable bonds is 5. The topological polar surface area (TPSA) is 115 Å². The van der Waals surface area contributed by atoms with E-state index in [1.165, 1.54) is 12.8 Å². The number of hydrogen-bond donors (Lipinski definition) is 1. The van der Waals surface area contributed by atoms with Crippen molar-refractivity contribution in [1.29, 1.82) is 0 Å². The van der Waals surface area contributed by atoms with Crippen LogP contribution in [0.1, 0.15) is 32.6 Å². The number of imidazole rings is 1. The van der Waals surface area contributed by atoms with Gasteiger partial charge in [-0.05, 0) is 42.9 Å². The normalized spacial score (nSPS) is 22.3. The van der Waals surface area contributed by atoms with E-state index in [1.54, 1.807) is 18.7 Å². The molecule has 198 valence electrons. The number of pyridine rings is 2. The summed E-state index contributed by atoms with van der Waals surface area (Å²) < 4.78 is 13.3. The van der Waals surface area contributed by atoms with Crippen molar-refractivity contribution in [1.82, 2.24) is 29.7 Å². The van der Waals surface area contributed by atoms with E-state index < -0.39 is 5.76 Å². The van der Waals surface area contributed by atoms with Crippen LogP contribution in [0.25, 0.3) is 33.9 Å². The highest BCUT2D eigenvalue weighted by Crippen LogP contribution is 2.39. The molecule has 39 heavy (non-hydrogen) atoms. The lowest BCUT2D eigenvalue weighted by Crippen LogP contribution is -2.35. The first kappa shape index (κ1) is 23.9. The predicted octanol–water partition coefficient (Wildman–Crippen LogP) is 5.45. The van der Waals surface area contributed by atoms with Gasteiger partial charge in [0.05, 0.1) is 21.7 Å². The van der Waals surface area contributed by atoms with Gasteiger partial charge in [-0.25, -0.2) is 19.9 Å². The maximum atomic E-state index is 11.7. The van der Waals surface area contributed by atoms with Gasteiger partial charge in [-0.1, -0.05) is 43.5 Å². The van der Waals surface area contributed by atoms with Crippen LogP contribution < -0.4 is 10.7 Å². The smallest absolute Gasteiger partial charge is 0.434 e. The minimum Gasteiger partial charge on any atom is -0.465 e. The van der Waals surface area contributed by atoms with Crippen molar-refractivity contribution in [2.45, 2.75) is 45.2 Å². The third-order valence-corrected chi connectivity index (χ3v) is 7.92. The first-order chi connectivity index (χ1) is 19.0. The number of fused-ring (bicyclic) bond motifs is 2. The van der Waals surface area contributed by atoms with Gasteiger partial charge in [0.15, 0.2) is 0 Å². The molecule has 7 rings (SSSR count). The van der Waals surface area contributed by atoms with Crippen LogP contribution >= 0.6 is 11.6 Å². The van der Waals surface area contributed by atoms with E-state index in [0.717, 1.165) is 48.1 Å². The lowest BCUT2D eigenvalue weighted by atomic mass is 9.83. The Labute approximate surface area is 228 Å². The van der Waals surface area contributed by atoms with Crippen molar-refractivity contribution < 1.29 is 9.15 Å². The fourth-order valence-electron chi connectivity index (χ4n) is 5.72. The molecule has 3 aliphatic rings. The number of H-pyrrole nitrogens is 1. The molecule has 4 aromatic heterocycles. The Morgan fingerprint density at radius 3 is 2.82 bits per heavy atom. The van der Waals surface area contributed by atoms with E-state index in [9.17, 15) is 4.79 Å². The zero-order valence-corrected chi connectivity index (χ0v) is 22.0. The number of aromatic nitrogens is 6. The van der Waals surface area contributed by atoms with Gasteiger partial charge in [0.25, 0.3) is 5.89 Å². The maximum absolute atomic E-state index is 11.7. The molecule has 1 N–H and O–H groups in total. The molecule has 0 radical (unpaired) electrons. The van der Waals surface area contributed by atoms with Gasteiger partial charge in [-0.2, -0.15) is 0 Å². The molecule has 4 aromatic rings. The number of anilines is 1. The molecule has 5 heterocycles. The standard InChI is InChI=1S/C28H26ClN7O3/c1-16-5-7-17(8-6-16)15-36-25-20(32-27(36)35-9-10-38-23-4-2-3-22(23)35)12-21(26-33-34-28(37)39-26)31-24(25)18-11-19(29)14-30-13-18/h2-4,9-14,16-17,22H,5-8,15H2,1H3,(H,34,37)/t16-,17-,22-/m1/s1. The summed E-state index contributed by atoms with van der Waals surface area (Å²) in [4.78, 5) is 28.3. The van der Waals surface area contributed by atoms with Crippen molar-refractivity contribution in [3.63, 3.8) is 0 Å². The molecule has 11 heteroatoms. The Hall–Kier alpha value is -4.18. The van der Waals surface area contributed by atoms with Crippen LogP contribution in [0.15, 0.2) is 70.2 Å². The summed E-state index contributed by atoms with van der Waals surface area (Å²) >= 11 is 6.37. The van der Waals surface area contributed by atoms with E-state index in [2.05, 4.69) is 37.6 Å². The summed E-state index contributed by atoms with van der Waals surface area (Å²) in [6.45, 7) is 3.12. The summed E-state index contributed by atoms with van der Waals surface area (Å²) in [5.41, 5.74) is 3.32. The van der Waals surface area contributed by atoms with Crippen LogP contribution in [0.5, 0.6) is 0 Å². The van der Waals surface area contributed by atoms with Gasteiger partial charge in [-0.15, -0.1) is 5.10 Å². The largest absolute Gasteiger partial charge is 0.465 e. The predicted molar refractivity (Wildman–Crippen MR) is 147 cm³/mol. The van der Waals surface area contributed by atoms with Crippen LogP contribution in [0.3, 0.4) is 0 Å². The van der Waals surface area contributed by atoms with Crippen molar-refractivity contribution in [3.8, 4) is 22.8 Å². The number of aromatic amines is 1. The summed E-state index contributed by atoms with van der Waals surface area (Å²) in [7, 11) is 0. The summed E-state index contributed by atoms with van der Waals surface area (Å²) in [5.74, 6) is 2.32. The zero-order valence-electron chi connectivity index (χ0n) is 21.2. The maximum Gasteiger partial charge on any atom is 0.434 e. The third kappa shape index (κ3) is 4.34. The Morgan fingerprint density at radius 2 is 2.03 bits per heavy atom. The molecule has 0 aromatic carbocycles. The molecule has 0 saturated heterocycles. The van der Waals surface area contributed by atoms with E-state index in [0.29, 0.717) is 27.8 Å². The lowest BCUT2D eigenvalue weighted by molar-refractivity contribution is 0.266. The Balaban J connectivity index is 1.47. The fourth-order valence-corrected chi connectivity index (χ4v) is 5.90. The Bertz CT molecular complexity index is 1710. The minimum absolute atomic E-state index is 0.0886. The average Bonchev–Trinajstić information content (AvgIpc) is 3.68. The molecular weight excluding hydrogens is 518 g/mol. The van der Waals surface area contributed by atoms with E-state index >= 15 is 0 Å². The van der Waals surface area contributed by atoms with Gasteiger partial charge in [-0.3, -0.25) is 4.98 Å². The summed E-state index contributed by atoms with van der Waals surface area (Å²) in [6, 6.07) is 3.55. The fraction of sp³-hybridized carbons (Fsp3) is 0.321. The van der Waals surface area contributed by atoms with Gasteiger partial charge >= 0.3 is 5.76 Å². The highest BCUT2D eigenvalue weighted by molar-refractivity contribution is 6.30. The van der Waals surface area contributed by atoms with E-state index in [4.69, 9.17) is 30.7 Å². The number of allylic oxidation sites excluding steroid dienone is 2. The Morgan fingerprint density at radius 1 is 1.15 bits per heavy atom. The second kappa shape index (κ2) is 9.53. The second-order valence-electron chi connectivity index (χ2n) is 10.4. The molecule has 1 fully saturated rings. The highest BCUT2D eigenvalue weighted by atomic mass is 35.5. The molecule has 1 saturated carbocycles. The SMILES string of the molecule is C[C@H]1CC[C@H](Cn2c(N3C=COC4=CC=C[C@H]43)nc3cc(-c4n[nH]c(=O)o4)nc(-c4cncc(Cl)c4)c32)CC1. The van der Waals surface area contributed by atoms with Crippen LogP contribution in [-0.2, 0) is 11.3 Å². The van der Waals surface area contributed by atoms with Crippen LogP contribution in [0.2, 0.25) is 5.02 Å². The van der Waals surface area contributed by atoms with E-state index in [-0.39, 0.29) is 11.9 Å². The van der Waals surface area contributed by atoms with Gasteiger partial charge in [0.1, 0.15) is 23.8 Å². The molecule has 1 atom stereocenters. The van der Waals surface area contributed by atoms with Crippen molar-refractivity contribution >= 4 is 28.6 Å². The average molecular weight is 544 g/mol. The second-order valence-corrected chi connectivity index (χ2v) is 10.8. The minimum atomic E-state index is -0.651. The molecule has 0 unspecified atom stereocenters. The summed E-state index contributed by atoms with van der Waals surface area (Å²) in [5, 5.41) is 6.82. The molecular formula is C28H26ClN7O3. The number of nitrogens with zero attached hydrogens (tertiary/aromatic N) is 6. The molecule has 1 aliphatic heterocycles. The highest BCUT2D eigenvalue weighted by Gasteiger charge is 2.32. The molecule has 10 nitrogen and oxygen atoms in total. The van der Waals surface area contributed by atoms with E-state index in [1.807, 2.05) is 30.5 Å². The number of nitrogens with one attached hydrogen (secondary N) is 1. The van der Waals surface area contributed by atoms with Gasteiger partial charge in [0, 0.05) is 30.7 Å². The number of ether oxygens (including phenoxy) is 1. The van der Waals surface area contributed by atoms with Crippen LogP contribution in [0, 0.1) is 11.8 Å². The van der Waals surface area contributed by atoms with Crippen molar-refractivity contribution in [2.24, 2.45) is 11.8 Å². The molecule has 2 aliphatic carbocycles. The lowest BCUT2D eigenvalue weighted by Gasteiger charge is -2.32. The zero-order chi connectivity index (χ0) is 26.5. The van der Waals surface area contributed by atoms with Crippen molar-refractivity contribution in [2.75, 3.05) is 4.90 Å². The quantitative estimate of drug-likeness (QED) is 0.353. The van der Waals surface area contributed by atoms with Gasteiger partial charge < -0.3 is 18.6 Å². The molecule has 0 amide bonds. The number of hydrogen-bond acceptors (Lipinski definition) is 8. The third-order valence-electron chi connectivity index (χ3n) is 7.72. The van der Waals surface area contributed by atoms with Crippen LogP contribution in [-0.4, -0.2) is 35.8 Å². The number of halogens is 1. The Kier molecular flexibility index (Phi) is 5.84. The molecule has 0 bridgehead atoms. The monoisotopic (exact) mass is 543 g/mol. The summed E-state index contributed by atoms with van der Waals surface area (Å²) in [6.07, 6.45) is 17.7. The van der Waals surface area contributed by atoms with Gasteiger partial charge in [0.2, 0.25) is 5.95 Å². The van der Waals surface area contributed by atoms with Crippen LogP contribution in [0.4, 0.5) is 5.95 Å². The van der Waals surface area contributed by atoms with Crippen molar-refractivity contribution in [3.05, 3.63) is 76.5 Å². The molecule has 0 spiro atoms. The first-order valence-electron chi connectivity index (χ1n) is 13.1.